The highest BCUT2D eigenvalue weighted by Gasteiger charge is 2.16. The van der Waals surface area contributed by atoms with E-state index in [-0.39, 0.29) is 0 Å². The van der Waals surface area contributed by atoms with Gasteiger partial charge in [-0.15, -0.1) is 0 Å². The zero-order chi connectivity index (χ0) is 36.0. The fourth-order valence-electron chi connectivity index (χ4n) is 6.16. The van der Waals surface area contributed by atoms with E-state index >= 15 is 0 Å². The second-order valence-electron chi connectivity index (χ2n) is 14.4. The maximum Gasteiger partial charge on any atom is 0.162 e. The lowest BCUT2D eigenvalue weighted by Crippen LogP contribution is -2.21. The summed E-state index contributed by atoms with van der Waals surface area (Å²) in [5.41, 5.74) is 8.84. The van der Waals surface area contributed by atoms with Crippen LogP contribution in [0.3, 0.4) is 0 Å². The second kappa shape index (κ2) is 19.6. The summed E-state index contributed by atoms with van der Waals surface area (Å²) in [6, 6.07) is 28.5. The largest absolute Gasteiger partial charge is 0.313 e. The number of benzene rings is 3. The van der Waals surface area contributed by atoms with Crippen LogP contribution in [0.1, 0.15) is 36.0 Å². The maximum absolute atomic E-state index is 5.21. The zero-order valence-electron chi connectivity index (χ0n) is 31.8. The van der Waals surface area contributed by atoms with Crippen LogP contribution >= 0.6 is 0 Å². The molecule has 5 aromatic rings. The summed E-state index contributed by atoms with van der Waals surface area (Å²) < 4.78 is 2.19. The standard InChI is InChI=1S/C42H59N9/c1-48(2)26-7-23-43-30-33-10-16-36(17-11-33)40-39-22-29-51(38-20-14-35(15-21-38)32-45-25-9-28-50(5)6)42(39)47-41(46-40)37-18-12-34(13-19-37)31-44-24-8-27-49(3)4/h10-22,29,43-45H,7-9,23-28,30-32H2,1-6H3. The fraction of sp³-hybridized carbons (Fsp3) is 0.429. The number of hydrogen-bond donors (Lipinski definition) is 3. The van der Waals surface area contributed by atoms with Crippen molar-refractivity contribution in [3.63, 3.8) is 0 Å². The van der Waals surface area contributed by atoms with Gasteiger partial charge in [-0.05, 0) is 136 Å². The summed E-state index contributed by atoms with van der Waals surface area (Å²) >= 11 is 0. The Balaban J connectivity index is 1.38. The lowest BCUT2D eigenvalue weighted by atomic mass is 10.1. The van der Waals surface area contributed by atoms with Gasteiger partial charge < -0.3 is 35.2 Å². The van der Waals surface area contributed by atoms with Crippen LogP contribution in [0.4, 0.5) is 0 Å². The average molecular weight is 690 g/mol. The Hall–Kier alpha value is -3.96. The quantitative estimate of drug-likeness (QED) is 0.0826. The van der Waals surface area contributed by atoms with E-state index in [9.17, 15) is 0 Å². The molecule has 0 spiro atoms. The molecule has 0 fully saturated rings. The van der Waals surface area contributed by atoms with Gasteiger partial charge in [-0.1, -0.05) is 60.7 Å². The van der Waals surface area contributed by atoms with Gasteiger partial charge in [-0.2, -0.15) is 0 Å². The molecule has 0 saturated carbocycles. The number of rotatable bonds is 21. The Kier molecular flexibility index (Phi) is 14.7. The van der Waals surface area contributed by atoms with Gasteiger partial charge in [-0.25, -0.2) is 9.97 Å². The zero-order valence-corrected chi connectivity index (χ0v) is 31.8. The van der Waals surface area contributed by atoms with Gasteiger partial charge in [-0.3, -0.25) is 0 Å². The highest BCUT2D eigenvalue weighted by molar-refractivity contribution is 5.93. The van der Waals surface area contributed by atoms with Crippen LogP contribution in [-0.2, 0) is 19.6 Å². The minimum Gasteiger partial charge on any atom is -0.313 e. The molecule has 3 aromatic carbocycles. The molecule has 9 heteroatoms. The van der Waals surface area contributed by atoms with Crippen molar-refractivity contribution in [3.8, 4) is 28.3 Å². The fourth-order valence-corrected chi connectivity index (χ4v) is 6.16. The summed E-state index contributed by atoms with van der Waals surface area (Å²) in [6.07, 6.45) is 5.53. The van der Waals surface area contributed by atoms with Crippen molar-refractivity contribution in [2.45, 2.75) is 38.9 Å². The third-order valence-corrected chi connectivity index (χ3v) is 9.06. The molecule has 0 aliphatic carbocycles. The molecule has 0 bridgehead atoms. The highest BCUT2D eigenvalue weighted by atomic mass is 15.1. The smallest absolute Gasteiger partial charge is 0.162 e. The summed E-state index contributed by atoms with van der Waals surface area (Å²) in [5.74, 6) is 0.730. The van der Waals surface area contributed by atoms with Crippen LogP contribution in [0.2, 0.25) is 0 Å². The Bertz CT molecular complexity index is 1740. The molecule has 0 unspecified atom stereocenters. The first-order valence-corrected chi connectivity index (χ1v) is 18.5. The lowest BCUT2D eigenvalue weighted by molar-refractivity contribution is 0.394. The number of nitrogens with one attached hydrogen (secondary N) is 3. The summed E-state index contributed by atoms with van der Waals surface area (Å²) in [6.45, 7) is 8.84. The van der Waals surface area contributed by atoms with Gasteiger partial charge >= 0.3 is 0 Å². The summed E-state index contributed by atoms with van der Waals surface area (Å²) in [5, 5.41) is 11.8. The molecule has 9 nitrogen and oxygen atoms in total. The minimum absolute atomic E-state index is 0.730. The van der Waals surface area contributed by atoms with Crippen molar-refractivity contribution in [1.82, 2.24) is 45.2 Å². The van der Waals surface area contributed by atoms with E-state index in [1.807, 2.05) is 0 Å². The van der Waals surface area contributed by atoms with E-state index in [1.54, 1.807) is 0 Å². The first-order valence-electron chi connectivity index (χ1n) is 18.5. The molecule has 5 rings (SSSR count). The Morgan fingerprint density at radius 1 is 0.510 bits per heavy atom. The van der Waals surface area contributed by atoms with Crippen LogP contribution < -0.4 is 16.0 Å². The van der Waals surface area contributed by atoms with Crippen LogP contribution in [-0.4, -0.2) is 111 Å². The predicted octanol–water partition coefficient (Wildman–Crippen LogP) is 5.88. The van der Waals surface area contributed by atoms with E-state index in [2.05, 4.69) is 163 Å². The molecule has 0 aliphatic heterocycles. The van der Waals surface area contributed by atoms with Gasteiger partial charge in [0.05, 0.1) is 5.69 Å². The summed E-state index contributed by atoms with van der Waals surface area (Å²) in [7, 11) is 12.7. The number of aromatic nitrogens is 3. The number of hydrogen-bond acceptors (Lipinski definition) is 8. The molecule has 0 atom stereocenters. The van der Waals surface area contributed by atoms with Crippen LogP contribution in [0.15, 0.2) is 85.1 Å². The summed E-state index contributed by atoms with van der Waals surface area (Å²) in [4.78, 5) is 17.1. The van der Waals surface area contributed by atoms with Gasteiger partial charge in [0.25, 0.3) is 0 Å². The highest BCUT2D eigenvalue weighted by Crippen LogP contribution is 2.31. The van der Waals surface area contributed by atoms with Gasteiger partial charge in [0.15, 0.2) is 5.82 Å². The van der Waals surface area contributed by atoms with Gasteiger partial charge in [0, 0.05) is 48.0 Å². The normalized spacial score (nSPS) is 11.9. The molecule has 0 radical (unpaired) electrons. The average Bonchev–Trinajstić information content (AvgIpc) is 3.55. The van der Waals surface area contributed by atoms with E-state index in [0.717, 1.165) is 118 Å². The van der Waals surface area contributed by atoms with E-state index in [1.165, 1.54) is 16.7 Å². The van der Waals surface area contributed by atoms with Crippen LogP contribution in [0.5, 0.6) is 0 Å². The molecule has 0 saturated heterocycles. The van der Waals surface area contributed by atoms with E-state index in [0.29, 0.717) is 0 Å². The van der Waals surface area contributed by atoms with E-state index < -0.39 is 0 Å². The van der Waals surface area contributed by atoms with Gasteiger partial charge in [0.1, 0.15) is 5.65 Å². The lowest BCUT2D eigenvalue weighted by Gasteiger charge is -2.12. The first kappa shape index (κ1) is 38.3. The van der Waals surface area contributed by atoms with Crippen molar-refractivity contribution in [2.75, 3.05) is 81.6 Å². The maximum atomic E-state index is 5.21. The van der Waals surface area contributed by atoms with Crippen LogP contribution in [0, 0.1) is 0 Å². The molecule has 2 heterocycles. The van der Waals surface area contributed by atoms with Gasteiger partial charge in [0.2, 0.25) is 0 Å². The Labute approximate surface area is 306 Å². The third-order valence-electron chi connectivity index (χ3n) is 9.06. The molecular weight excluding hydrogens is 631 g/mol. The number of fused-ring (bicyclic) bond motifs is 1. The predicted molar refractivity (Wildman–Crippen MR) is 214 cm³/mol. The minimum atomic E-state index is 0.730. The van der Waals surface area contributed by atoms with Crippen molar-refractivity contribution in [1.29, 1.82) is 0 Å². The molecule has 0 aliphatic rings. The second-order valence-corrected chi connectivity index (χ2v) is 14.4. The number of nitrogens with zero attached hydrogens (tertiary/aromatic N) is 6. The molecule has 272 valence electrons. The van der Waals surface area contributed by atoms with E-state index in [4.69, 9.17) is 9.97 Å². The Morgan fingerprint density at radius 2 is 0.941 bits per heavy atom. The monoisotopic (exact) mass is 689 g/mol. The molecule has 2 aromatic heterocycles. The SMILES string of the molecule is CN(C)CCCNCc1ccc(-c2nc(-c3ccc(CNCCCN(C)C)cc3)c3ccn(-c4ccc(CNCCCN(C)C)cc4)c3n2)cc1. The first-order chi connectivity index (χ1) is 24.8. The Morgan fingerprint density at radius 3 is 1.39 bits per heavy atom. The van der Waals surface area contributed by atoms with Crippen LogP contribution in [0.25, 0.3) is 39.4 Å². The molecular formula is C42H59N9. The van der Waals surface area contributed by atoms with Crippen molar-refractivity contribution < 1.29 is 0 Å². The topological polar surface area (TPSA) is 76.5 Å². The molecule has 3 N–H and O–H groups in total. The third kappa shape index (κ3) is 11.8. The van der Waals surface area contributed by atoms with Crippen molar-refractivity contribution >= 4 is 11.0 Å². The van der Waals surface area contributed by atoms with Crippen molar-refractivity contribution in [2.24, 2.45) is 0 Å². The molecule has 0 amide bonds. The van der Waals surface area contributed by atoms with Crippen molar-refractivity contribution in [3.05, 3.63) is 102 Å². The molecule has 51 heavy (non-hydrogen) atoms.